The molecule has 1 aromatic heterocycles. The second kappa shape index (κ2) is 5.00. The van der Waals surface area contributed by atoms with Gasteiger partial charge in [0.15, 0.2) is 0 Å². The van der Waals surface area contributed by atoms with Crippen LogP contribution < -0.4 is 5.32 Å². The molecule has 4 unspecified atom stereocenters. The largest absolute Gasteiger partial charge is 0.373 e. The van der Waals surface area contributed by atoms with Crippen LogP contribution in [-0.4, -0.2) is 33.1 Å². The summed E-state index contributed by atoms with van der Waals surface area (Å²) in [5.74, 6) is 0.981. The summed E-state index contributed by atoms with van der Waals surface area (Å²) in [6, 6.07) is 4.76. The zero-order valence-corrected chi connectivity index (χ0v) is 12.2. The summed E-state index contributed by atoms with van der Waals surface area (Å²) in [5, 5.41) is 14.1. The van der Waals surface area contributed by atoms with Crippen molar-refractivity contribution in [3.63, 3.8) is 0 Å². The Bertz CT molecular complexity index is 684. The minimum absolute atomic E-state index is 0.0530. The van der Waals surface area contributed by atoms with E-state index in [1.165, 1.54) is 12.1 Å². The molecule has 2 aromatic rings. The summed E-state index contributed by atoms with van der Waals surface area (Å²) < 4.78 is 5.79. The van der Waals surface area contributed by atoms with Gasteiger partial charge < -0.3 is 15.0 Å². The first-order valence-corrected chi connectivity index (χ1v) is 7.02. The summed E-state index contributed by atoms with van der Waals surface area (Å²) in [6.07, 6.45) is 0.292. The molecule has 3 rings (SSSR count). The monoisotopic (exact) mass is 290 g/mol. The third-order valence-electron chi connectivity index (χ3n) is 4.22. The first-order valence-electron chi connectivity index (χ1n) is 7.02. The average molecular weight is 290 g/mol. The quantitative estimate of drug-likeness (QED) is 0.669. The van der Waals surface area contributed by atoms with Gasteiger partial charge in [-0.1, -0.05) is 6.92 Å². The number of H-pyrrole nitrogens is 1. The standard InChI is InChI=1S/C14H18N4O3/c1-7-8(2)21-9(3)13(7)17-14-15-11-5-4-10(18(19)20)6-12(11)16-14/h4-9,13H,1-3H3,(H2,15,16,17). The molecule has 0 amide bonds. The van der Waals surface area contributed by atoms with E-state index in [4.69, 9.17) is 4.74 Å². The molecule has 1 saturated heterocycles. The van der Waals surface area contributed by atoms with E-state index in [2.05, 4.69) is 29.1 Å². The van der Waals surface area contributed by atoms with Gasteiger partial charge in [0.2, 0.25) is 5.95 Å². The number of imidazole rings is 1. The van der Waals surface area contributed by atoms with Gasteiger partial charge in [-0.15, -0.1) is 0 Å². The van der Waals surface area contributed by atoms with Crippen molar-refractivity contribution in [3.05, 3.63) is 28.3 Å². The highest BCUT2D eigenvalue weighted by Crippen LogP contribution is 2.29. The first kappa shape index (κ1) is 13.8. The number of nitrogens with one attached hydrogen (secondary N) is 2. The fourth-order valence-corrected chi connectivity index (χ4v) is 2.85. The number of hydrogen-bond donors (Lipinski definition) is 2. The molecular formula is C14H18N4O3. The molecule has 1 aliphatic heterocycles. The number of aromatic amines is 1. The van der Waals surface area contributed by atoms with Crippen LogP contribution in [0.15, 0.2) is 18.2 Å². The Kier molecular flexibility index (Phi) is 3.29. The van der Waals surface area contributed by atoms with Crippen LogP contribution in [0.3, 0.4) is 0 Å². The molecular weight excluding hydrogens is 272 g/mol. The highest BCUT2D eigenvalue weighted by Gasteiger charge is 2.37. The van der Waals surface area contributed by atoms with Gasteiger partial charge in [-0.25, -0.2) is 4.98 Å². The molecule has 0 aliphatic carbocycles. The molecule has 0 spiro atoms. The third kappa shape index (κ3) is 2.44. The molecule has 0 bridgehead atoms. The number of rotatable bonds is 3. The van der Waals surface area contributed by atoms with Gasteiger partial charge in [0.25, 0.3) is 5.69 Å². The normalized spacial score (nSPS) is 28.9. The second-order valence-corrected chi connectivity index (χ2v) is 5.62. The van der Waals surface area contributed by atoms with Crippen LogP contribution in [0.25, 0.3) is 11.0 Å². The van der Waals surface area contributed by atoms with Gasteiger partial charge in [-0.2, -0.15) is 0 Å². The average Bonchev–Trinajstić information content (AvgIpc) is 2.94. The molecule has 112 valence electrons. The Morgan fingerprint density at radius 2 is 2.10 bits per heavy atom. The molecule has 0 radical (unpaired) electrons. The smallest absolute Gasteiger partial charge is 0.271 e. The molecule has 2 N–H and O–H groups in total. The molecule has 1 aliphatic rings. The third-order valence-corrected chi connectivity index (χ3v) is 4.22. The number of hydrogen-bond acceptors (Lipinski definition) is 5. The van der Waals surface area contributed by atoms with Crippen LogP contribution in [0, 0.1) is 16.0 Å². The number of fused-ring (bicyclic) bond motifs is 1. The van der Waals surface area contributed by atoms with Crippen molar-refractivity contribution in [2.45, 2.75) is 39.0 Å². The Labute approximate surface area is 121 Å². The van der Waals surface area contributed by atoms with Gasteiger partial charge in [-0.05, 0) is 19.9 Å². The zero-order valence-electron chi connectivity index (χ0n) is 12.2. The lowest BCUT2D eigenvalue weighted by Crippen LogP contribution is -2.32. The summed E-state index contributed by atoms with van der Waals surface area (Å²) in [4.78, 5) is 17.9. The Morgan fingerprint density at radius 3 is 2.71 bits per heavy atom. The fourth-order valence-electron chi connectivity index (χ4n) is 2.85. The highest BCUT2D eigenvalue weighted by atomic mass is 16.6. The van der Waals surface area contributed by atoms with Crippen LogP contribution in [0.1, 0.15) is 20.8 Å². The summed E-state index contributed by atoms with van der Waals surface area (Å²) in [6.45, 7) is 6.23. The second-order valence-electron chi connectivity index (χ2n) is 5.62. The molecule has 1 fully saturated rings. The van der Waals surface area contributed by atoms with Crippen molar-refractivity contribution >= 4 is 22.7 Å². The van der Waals surface area contributed by atoms with Crippen LogP contribution in [0.5, 0.6) is 0 Å². The number of non-ortho nitro benzene ring substituents is 1. The van der Waals surface area contributed by atoms with Gasteiger partial charge in [0, 0.05) is 18.1 Å². The van der Waals surface area contributed by atoms with Crippen LogP contribution in [0.2, 0.25) is 0 Å². The van der Waals surface area contributed by atoms with E-state index in [-0.39, 0.29) is 23.9 Å². The maximum Gasteiger partial charge on any atom is 0.271 e. The summed E-state index contributed by atoms with van der Waals surface area (Å²) in [5.41, 5.74) is 1.41. The lowest BCUT2D eigenvalue weighted by atomic mass is 9.97. The summed E-state index contributed by atoms with van der Waals surface area (Å²) >= 11 is 0. The van der Waals surface area contributed by atoms with Crippen LogP contribution in [-0.2, 0) is 4.74 Å². The van der Waals surface area contributed by atoms with Crippen molar-refractivity contribution in [1.82, 2.24) is 9.97 Å². The van der Waals surface area contributed by atoms with Gasteiger partial charge in [-0.3, -0.25) is 10.1 Å². The molecule has 1 aromatic carbocycles. The van der Waals surface area contributed by atoms with E-state index in [1.54, 1.807) is 6.07 Å². The predicted octanol–water partition coefficient (Wildman–Crippen LogP) is 2.69. The van der Waals surface area contributed by atoms with Crippen molar-refractivity contribution in [3.8, 4) is 0 Å². The van der Waals surface area contributed by atoms with Crippen LogP contribution in [0.4, 0.5) is 11.6 Å². The fraction of sp³-hybridized carbons (Fsp3) is 0.500. The maximum atomic E-state index is 10.8. The number of nitro groups is 1. The van der Waals surface area contributed by atoms with E-state index >= 15 is 0 Å². The number of nitrogens with zero attached hydrogens (tertiary/aromatic N) is 2. The minimum Gasteiger partial charge on any atom is -0.373 e. The van der Waals surface area contributed by atoms with E-state index < -0.39 is 4.92 Å². The van der Waals surface area contributed by atoms with E-state index in [9.17, 15) is 10.1 Å². The van der Waals surface area contributed by atoms with Gasteiger partial charge >= 0.3 is 0 Å². The van der Waals surface area contributed by atoms with Crippen molar-refractivity contribution in [2.24, 2.45) is 5.92 Å². The van der Waals surface area contributed by atoms with E-state index in [0.29, 0.717) is 22.9 Å². The number of benzene rings is 1. The maximum absolute atomic E-state index is 10.8. The number of ether oxygens (including phenoxy) is 1. The molecule has 4 atom stereocenters. The predicted molar refractivity (Wildman–Crippen MR) is 79.3 cm³/mol. The molecule has 7 nitrogen and oxygen atoms in total. The van der Waals surface area contributed by atoms with Gasteiger partial charge in [0.1, 0.15) is 0 Å². The minimum atomic E-state index is -0.413. The number of anilines is 1. The van der Waals surface area contributed by atoms with Crippen molar-refractivity contribution in [1.29, 1.82) is 0 Å². The lowest BCUT2D eigenvalue weighted by molar-refractivity contribution is -0.384. The Hall–Kier alpha value is -2.15. The topological polar surface area (TPSA) is 93.1 Å². The molecule has 7 heteroatoms. The van der Waals surface area contributed by atoms with Crippen molar-refractivity contribution in [2.75, 3.05) is 5.32 Å². The zero-order chi connectivity index (χ0) is 15.1. The first-order chi connectivity index (χ1) is 9.95. The van der Waals surface area contributed by atoms with Crippen molar-refractivity contribution < 1.29 is 9.66 Å². The Morgan fingerprint density at radius 1 is 1.33 bits per heavy atom. The van der Waals surface area contributed by atoms with E-state index in [1.807, 2.05) is 6.92 Å². The highest BCUT2D eigenvalue weighted by molar-refractivity contribution is 5.79. The summed E-state index contributed by atoms with van der Waals surface area (Å²) in [7, 11) is 0. The number of aromatic nitrogens is 2. The lowest BCUT2D eigenvalue weighted by Gasteiger charge is -2.19. The molecule has 0 saturated carbocycles. The van der Waals surface area contributed by atoms with E-state index in [0.717, 1.165) is 0 Å². The SMILES string of the molecule is CC1OC(C)C(Nc2nc3ccc([N+](=O)[O-])cc3[nH]2)C1C. The molecule has 2 heterocycles. The Balaban J connectivity index is 1.86. The number of nitro benzene ring substituents is 1. The van der Waals surface area contributed by atoms with Gasteiger partial charge in [0.05, 0.1) is 34.2 Å². The molecule has 21 heavy (non-hydrogen) atoms. The van der Waals surface area contributed by atoms with Crippen LogP contribution >= 0.6 is 0 Å².